The van der Waals surface area contributed by atoms with E-state index in [-0.39, 0.29) is 19.8 Å². The van der Waals surface area contributed by atoms with Crippen molar-refractivity contribution in [3.8, 4) is 22.9 Å². The molecule has 0 amide bonds. The summed E-state index contributed by atoms with van der Waals surface area (Å²) in [4.78, 5) is 20.6. The van der Waals surface area contributed by atoms with Crippen molar-refractivity contribution in [2.24, 2.45) is 0 Å². The Bertz CT molecular complexity index is 994. The van der Waals surface area contributed by atoms with Gasteiger partial charge in [0, 0.05) is 0 Å². The SMILES string of the molecule is C=C(C)COO[CH2-].N#Cc1ccc(OC(=O)c2ccc(-c3cc[c-]cc3)cc2)cc1.[Os+2]. The van der Waals surface area contributed by atoms with E-state index in [1.165, 1.54) is 0 Å². The molecule has 0 aliphatic rings. The molecule has 0 N–H and O–H groups in total. The molecule has 0 fully saturated rings. The normalized spacial score (nSPS) is 9.32. The van der Waals surface area contributed by atoms with Gasteiger partial charge in [0.2, 0.25) is 0 Å². The van der Waals surface area contributed by atoms with Crippen LogP contribution in [0.4, 0.5) is 0 Å². The molecule has 0 saturated carbocycles. The molecule has 3 rings (SSSR count). The van der Waals surface area contributed by atoms with Crippen LogP contribution in [-0.2, 0) is 29.6 Å². The van der Waals surface area contributed by atoms with Gasteiger partial charge in [0.15, 0.2) is 0 Å². The minimum Gasteiger partial charge on any atom is -0.423 e. The van der Waals surface area contributed by atoms with Gasteiger partial charge in [-0.2, -0.15) is 42.7 Å². The number of carbonyl (C=O) groups is 1. The summed E-state index contributed by atoms with van der Waals surface area (Å²) >= 11 is 0. The molecule has 0 aliphatic carbocycles. The van der Waals surface area contributed by atoms with Gasteiger partial charge in [-0.05, 0) is 48.9 Å². The Morgan fingerprint density at radius 2 is 1.61 bits per heavy atom. The third kappa shape index (κ3) is 9.07. The molecule has 3 aromatic rings. The Balaban J connectivity index is 0.000000523. The van der Waals surface area contributed by atoms with Gasteiger partial charge in [0.25, 0.3) is 0 Å². The Morgan fingerprint density at radius 1 is 1.03 bits per heavy atom. The number of hydrogen-bond acceptors (Lipinski definition) is 5. The number of esters is 1. The Morgan fingerprint density at radius 3 is 2.10 bits per heavy atom. The van der Waals surface area contributed by atoms with Gasteiger partial charge in [-0.25, -0.2) is 4.79 Å². The summed E-state index contributed by atoms with van der Waals surface area (Å²) in [6, 6.07) is 26.3. The Hall–Kier alpha value is -3.08. The van der Waals surface area contributed by atoms with E-state index in [0.717, 1.165) is 16.7 Å². The first-order valence-electron chi connectivity index (χ1n) is 9.00. The number of benzene rings is 3. The summed E-state index contributed by atoms with van der Waals surface area (Å²) in [6.07, 6.45) is 0. The predicted molar refractivity (Wildman–Crippen MR) is 114 cm³/mol. The van der Waals surface area contributed by atoms with Crippen LogP contribution in [0.15, 0.2) is 84.9 Å². The molecule has 0 spiro atoms. The van der Waals surface area contributed by atoms with Crippen molar-refractivity contribution in [1.82, 2.24) is 0 Å². The molecule has 0 radical (unpaired) electrons. The molecule has 0 atom stereocenters. The molecule has 5 nitrogen and oxygen atoms in total. The van der Waals surface area contributed by atoms with E-state index in [0.29, 0.717) is 23.5 Å². The molecule has 3 aromatic carbocycles. The van der Waals surface area contributed by atoms with Crippen molar-refractivity contribution >= 4 is 5.97 Å². The van der Waals surface area contributed by atoms with Gasteiger partial charge < -0.3 is 9.62 Å². The Labute approximate surface area is 195 Å². The molecule has 0 saturated heterocycles. The summed E-state index contributed by atoms with van der Waals surface area (Å²) in [5.41, 5.74) is 4.00. The first-order chi connectivity index (χ1) is 14.5. The van der Waals surface area contributed by atoms with Gasteiger partial charge in [-0.15, -0.1) is 5.56 Å². The van der Waals surface area contributed by atoms with E-state index in [1.54, 1.807) is 36.4 Å². The average Bonchev–Trinajstić information content (AvgIpc) is 2.79. The van der Waals surface area contributed by atoms with Gasteiger partial charge in [-0.1, -0.05) is 24.3 Å². The van der Waals surface area contributed by atoms with E-state index in [1.807, 2.05) is 49.4 Å². The summed E-state index contributed by atoms with van der Waals surface area (Å²) in [7, 11) is 2.99. The van der Waals surface area contributed by atoms with Crippen LogP contribution in [-0.4, -0.2) is 12.6 Å². The molecule has 0 aromatic heterocycles. The first kappa shape index (κ1) is 26.0. The first-order valence-corrected chi connectivity index (χ1v) is 9.00. The van der Waals surface area contributed by atoms with Crippen LogP contribution >= 0.6 is 0 Å². The molecule has 0 bridgehead atoms. The predicted octanol–water partition coefficient (Wildman–Crippen LogP) is 5.54. The van der Waals surface area contributed by atoms with Crippen molar-refractivity contribution in [1.29, 1.82) is 5.26 Å². The topological polar surface area (TPSA) is 68.6 Å². The fourth-order valence-corrected chi connectivity index (χ4v) is 2.28. The van der Waals surface area contributed by atoms with Crippen molar-refractivity contribution in [3.05, 3.63) is 109 Å². The van der Waals surface area contributed by atoms with Crippen LogP contribution in [0.1, 0.15) is 22.8 Å². The summed E-state index contributed by atoms with van der Waals surface area (Å²) < 4.78 is 5.29. The van der Waals surface area contributed by atoms with Crippen molar-refractivity contribution in [2.75, 3.05) is 6.61 Å². The fourth-order valence-electron chi connectivity index (χ4n) is 2.28. The summed E-state index contributed by atoms with van der Waals surface area (Å²) in [5.74, 6) is -0.0145. The standard InChI is InChI=1S/C20H12NO2.C5H9O2.Os/c21-14-15-6-12-19(13-7-15)23-20(22)18-10-8-17(9-11-18)16-4-2-1-3-5-16;1-5(2)4-7-6-3;/h2-13H;1,3-4H2,2H3;/q2*-1;+2. The van der Waals surface area contributed by atoms with Gasteiger partial charge in [0.1, 0.15) is 5.75 Å². The Kier molecular flexibility index (Phi) is 11.7. The number of ether oxygens (including phenoxy) is 1. The monoisotopic (exact) mass is 591 g/mol. The number of rotatable bonds is 6. The van der Waals surface area contributed by atoms with Crippen LogP contribution in [0.25, 0.3) is 11.1 Å². The van der Waals surface area contributed by atoms with E-state index in [9.17, 15) is 4.79 Å². The minimum absolute atomic E-state index is 0. The van der Waals surface area contributed by atoms with E-state index < -0.39 is 5.97 Å². The van der Waals surface area contributed by atoms with Crippen LogP contribution in [0.5, 0.6) is 5.75 Å². The molecule has 0 unspecified atom stereocenters. The second-order valence-electron chi connectivity index (χ2n) is 6.23. The molecule has 158 valence electrons. The maximum Gasteiger partial charge on any atom is 2.00 e. The zero-order valence-corrected chi connectivity index (χ0v) is 19.5. The molecular weight excluding hydrogens is 569 g/mol. The fraction of sp³-hybridized carbons (Fsp3) is 0.0800. The summed E-state index contributed by atoms with van der Waals surface area (Å²) in [5, 5.41) is 8.75. The number of carbonyl (C=O) groups excluding carboxylic acids is 1. The van der Waals surface area contributed by atoms with Crippen molar-refractivity contribution < 1.29 is 39.1 Å². The molecule has 31 heavy (non-hydrogen) atoms. The smallest absolute Gasteiger partial charge is 0.423 e. The molecule has 6 heteroatoms. The van der Waals surface area contributed by atoms with Crippen LogP contribution in [0.2, 0.25) is 0 Å². The zero-order chi connectivity index (χ0) is 21.8. The maximum absolute atomic E-state index is 12.1. The summed E-state index contributed by atoms with van der Waals surface area (Å²) in [6.45, 7) is 5.83. The van der Waals surface area contributed by atoms with Gasteiger partial charge >= 0.3 is 25.8 Å². The second-order valence-corrected chi connectivity index (χ2v) is 6.23. The van der Waals surface area contributed by atoms with E-state index in [2.05, 4.69) is 29.5 Å². The zero-order valence-electron chi connectivity index (χ0n) is 17.0. The number of nitrogens with zero attached hydrogens (tertiary/aromatic N) is 1. The second kappa shape index (κ2) is 14.0. The quantitative estimate of drug-likeness (QED) is 0.0943. The largest absolute Gasteiger partial charge is 2.00 e. The van der Waals surface area contributed by atoms with Crippen molar-refractivity contribution in [3.63, 3.8) is 0 Å². The van der Waals surface area contributed by atoms with Gasteiger partial charge in [-0.3, -0.25) is 4.89 Å². The third-order valence-corrected chi connectivity index (χ3v) is 3.75. The average molecular weight is 590 g/mol. The maximum atomic E-state index is 12.1. The molecule has 0 heterocycles. The van der Waals surface area contributed by atoms with Crippen LogP contribution in [0, 0.1) is 24.5 Å². The molecular formula is C25H21NO4Os. The number of hydrogen-bond donors (Lipinski definition) is 0. The van der Waals surface area contributed by atoms with Gasteiger partial charge in [0.05, 0.1) is 23.8 Å². The minimum atomic E-state index is -0.428. The molecule has 0 aliphatic heterocycles. The van der Waals surface area contributed by atoms with Crippen molar-refractivity contribution in [2.45, 2.75) is 6.92 Å². The van der Waals surface area contributed by atoms with Crippen LogP contribution in [0.3, 0.4) is 0 Å². The number of nitriles is 1. The van der Waals surface area contributed by atoms with E-state index in [4.69, 9.17) is 10.00 Å². The van der Waals surface area contributed by atoms with Crippen LogP contribution < -0.4 is 4.74 Å². The third-order valence-electron chi connectivity index (χ3n) is 3.75. The van der Waals surface area contributed by atoms with E-state index >= 15 is 0 Å².